The van der Waals surface area contributed by atoms with Gasteiger partial charge in [0.2, 0.25) is 0 Å². The number of benzene rings is 1. The van der Waals surface area contributed by atoms with E-state index in [-0.39, 0.29) is 0 Å². The number of carbonyl (C=O) groups is 1. The molecule has 0 aliphatic carbocycles. The van der Waals surface area contributed by atoms with Gasteiger partial charge in [-0.3, -0.25) is 0 Å². The molecule has 0 heterocycles. The molecule has 1 aromatic carbocycles. The molecule has 1 N–H and O–H groups in total. The molecule has 0 radical (unpaired) electrons. The summed E-state index contributed by atoms with van der Waals surface area (Å²) in [7, 11) is 0. The first-order chi connectivity index (χ1) is 6.32. The van der Waals surface area contributed by atoms with Crippen molar-refractivity contribution >= 4 is 27.9 Å². The summed E-state index contributed by atoms with van der Waals surface area (Å²) < 4.78 is 1.41. The van der Waals surface area contributed by atoms with Crippen molar-refractivity contribution in [3.05, 3.63) is 29.3 Å². The van der Waals surface area contributed by atoms with Crippen molar-refractivity contribution in [2.24, 2.45) is 0 Å². The molecule has 1 rings (SSSR count). The van der Waals surface area contributed by atoms with Crippen LogP contribution < -0.4 is 3.58 Å². The number of carboxylic acid groups (broad SMARTS) is 1. The zero-order valence-electron chi connectivity index (χ0n) is 9.09. The molecule has 3 heteroatoms. The van der Waals surface area contributed by atoms with Crippen molar-refractivity contribution in [3.63, 3.8) is 0 Å². The van der Waals surface area contributed by atoms with E-state index >= 15 is 0 Å². The summed E-state index contributed by atoms with van der Waals surface area (Å²) in [6, 6.07) is 5.49. The zero-order chi connectivity index (χ0) is 10.9. The number of rotatable bonds is 2. The van der Waals surface area contributed by atoms with Crippen LogP contribution in [-0.2, 0) is 0 Å². The van der Waals surface area contributed by atoms with Crippen molar-refractivity contribution in [1.29, 1.82) is 0 Å². The molecular formula is C11H16O2Sn. The number of aryl methyl sites for hydroxylation is 1. The summed E-state index contributed by atoms with van der Waals surface area (Å²) in [6.45, 7) is 2.00. The molecule has 0 aliphatic heterocycles. The average Bonchev–Trinajstić information content (AvgIpc) is 2.01. The van der Waals surface area contributed by atoms with Crippen LogP contribution in [0.4, 0.5) is 0 Å². The Morgan fingerprint density at radius 1 is 1.29 bits per heavy atom. The van der Waals surface area contributed by atoms with Crippen LogP contribution in [0.5, 0.6) is 0 Å². The van der Waals surface area contributed by atoms with Crippen molar-refractivity contribution < 1.29 is 9.90 Å². The molecule has 0 amide bonds. The Morgan fingerprint density at radius 3 is 2.21 bits per heavy atom. The summed E-state index contributed by atoms with van der Waals surface area (Å²) in [4.78, 5) is 17.7. The van der Waals surface area contributed by atoms with Gasteiger partial charge in [-0.25, -0.2) is 0 Å². The second kappa shape index (κ2) is 3.93. The molecule has 2 nitrogen and oxygen atoms in total. The molecule has 0 bridgehead atoms. The normalized spacial score (nSPS) is 11.4. The Kier molecular flexibility index (Phi) is 3.24. The molecule has 0 atom stereocenters. The Hall–Kier alpha value is -0.511. The van der Waals surface area contributed by atoms with Crippen LogP contribution in [0.25, 0.3) is 0 Å². The van der Waals surface area contributed by atoms with Gasteiger partial charge in [-0.2, -0.15) is 0 Å². The second-order valence-corrected chi connectivity index (χ2v) is 19.0. The van der Waals surface area contributed by atoms with Crippen LogP contribution in [-0.4, -0.2) is 29.5 Å². The van der Waals surface area contributed by atoms with Gasteiger partial charge < -0.3 is 0 Å². The SMILES string of the molecule is Cc1cc(C(=O)O)cc[c]1[Sn]([CH3])([CH3])[CH3]. The van der Waals surface area contributed by atoms with Gasteiger partial charge in [-0.15, -0.1) is 0 Å². The molecule has 0 aliphatic rings. The molecule has 0 aromatic heterocycles. The fraction of sp³-hybridized carbons (Fsp3) is 0.364. The third-order valence-electron chi connectivity index (χ3n) is 2.28. The van der Waals surface area contributed by atoms with E-state index in [1.54, 1.807) is 12.1 Å². The van der Waals surface area contributed by atoms with E-state index in [9.17, 15) is 4.79 Å². The van der Waals surface area contributed by atoms with Crippen molar-refractivity contribution in [2.45, 2.75) is 21.7 Å². The topological polar surface area (TPSA) is 37.3 Å². The Morgan fingerprint density at radius 2 is 1.86 bits per heavy atom. The van der Waals surface area contributed by atoms with Crippen molar-refractivity contribution in [2.75, 3.05) is 0 Å². The minimum absolute atomic E-state index is 0.391. The van der Waals surface area contributed by atoms with Gasteiger partial charge in [0.25, 0.3) is 0 Å². The zero-order valence-corrected chi connectivity index (χ0v) is 11.9. The molecule has 0 fully saturated rings. The molecule has 14 heavy (non-hydrogen) atoms. The van der Waals surface area contributed by atoms with Crippen LogP contribution >= 0.6 is 0 Å². The molecule has 0 unspecified atom stereocenters. The standard InChI is InChI=1S/C8H7O2.3CH3.Sn/c1-6-3-2-4-7(5-6)8(9)10;;;;/h2,4-5H,1H3,(H,9,10);3*1H3;. The fourth-order valence-electron chi connectivity index (χ4n) is 1.64. The number of aromatic carboxylic acids is 1. The predicted octanol–water partition coefficient (Wildman–Crippen LogP) is 2.24. The maximum atomic E-state index is 10.7. The van der Waals surface area contributed by atoms with E-state index in [2.05, 4.69) is 14.8 Å². The van der Waals surface area contributed by atoms with E-state index < -0.39 is 24.3 Å². The van der Waals surface area contributed by atoms with Gasteiger partial charge in [0, 0.05) is 0 Å². The van der Waals surface area contributed by atoms with Gasteiger partial charge in [0.05, 0.1) is 0 Å². The van der Waals surface area contributed by atoms with E-state index in [1.807, 2.05) is 13.0 Å². The number of carboxylic acids is 1. The van der Waals surface area contributed by atoms with E-state index in [1.165, 1.54) is 3.58 Å². The Bertz CT molecular complexity index is 364. The summed E-state index contributed by atoms with van der Waals surface area (Å²) in [5.74, 6) is -0.844. The fourth-order valence-corrected chi connectivity index (χ4v) is 6.89. The van der Waals surface area contributed by atoms with Gasteiger partial charge in [0.1, 0.15) is 0 Å². The first-order valence-corrected chi connectivity index (χ1v) is 14.7. The van der Waals surface area contributed by atoms with Crippen LogP contribution in [0.1, 0.15) is 15.9 Å². The van der Waals surface area contributed by atoms with Crippen molar-refractivity contribution in [1.82, 2.24) is 0 Å². The molecule has 76 valence electrons. The molecule has 0 saturated heterocycles. The van der Waals surface area contributed by atoms with Crippen LogP contribution in [0.3, 0.4) is 0 Å². The summed E-state index contributed by atoms with van der Waals surface area (Å²) in [5, 5.41) is 8.82. The van der Waals surface area contributed by atoms with Gasteiger partial charge in [-0.05, 0) is 0 Å². The van der Waals surface area contributed by atoms with Gasteiger partial charge in [-0.1, -0.05) is 0 Å². The average molecular weight is 299 g/mol. The van der Waals surface area contributed by atoms with Crippen molar-refractivity contribution in [3.8, 4) is 0 Å². The molecule has 0 spiro atoms. The first kappa shape index (κ1) is 11.6. The summed E-state index contributed by atoms with van der Waals surface area (Å²) in [5.41, 5.74) is 1.52. The molecule has 1 aromatic rings. The van der Waals surface area contributed by atoms with E-state index in [0.717, 1.165) is 5.56 Å². The Balaban J connectivity index is 3.21. The predicted molar refractivity (Wildman–Crippen MR) is 61.1 cm³/mol. The maximum absolute atomic E-state index is 10.7. The monoisotopic (exact) mass is 300 g/mol. The summed E-state index contributed by atoms with van der Waals surface area (Å²) >= 11 is -2.04. The Labute approximate surface area is 88.8 Å². The minimum atomic E-state index is -2.04. The van der Waals surface area contributed by atoms with Crippen LogP contribution in [0.2, 0.25) is 14.8 Å². The molecule has 0 saturated carbocycles. The quantitative estimate of drug-likeness (QED) is 0.850. The third kappa shape index (κ3) is 2.50. The number of hydrogen-bond donors (Lipinski definition) is 1. The van der Waals surface area contributed by atoms with Gasteiger partial charge in [0.15, 0.2) is 0 Å². The van der Waals surface area contributed by atoms with Crippen LogP contribution in [0.15, 0.2) is 18.2 Å². The van der Waals surface area contributed by atoms with Gasteiger partial charge >= 0.3 is 88.9 Å². The first-order valence-electron chi connectivity index (χ1n) is 4.67. The van der Waals surface area contributed by atoms with Crippen LogP contribution in [0, 0.1) is 6.92 Å². The van der Waals surface area contributed by atoms with E-state index in [4.69, 9.17) is 5.11 Å². The second-order valence-electron chi connectivity index (χ2n) is 4.58. The molecular weight excluding hydrogens is 283 g/mol. The van der Waals surface area contributed by atoms with E-state index in [0.29, 0.717) is 5.56 Å². The summed E-state index contributed by atoms with van der Waals surface area (Å²) in [6.07, 6.45) is 0. The number of hydrogen-bond acceptors (Lipinski definition) is 1. The third-order valence-corrected chi connectivity index (χ3v) is 8.49.